The van der Waals surface area contributed by atoms with Crippen molar-refractivity contribution < 1.29 is 0 Å². The molecule has 1 aromatic heterocycles. The molecule has 0 saturated heterocycles. The minimum Gasteiger partial charge on any atom is -0.362 e. The molecule has 0 spiro atoms. The van der Waals surface area contributed by atoms with Gasteiger partial charge in [0, 0.05) is 12.7 Å². The molecule has 1 aromatic rings. The standard InChI is InChI=1S/C11H17N3S/c1-8(2)5-13-11(15)14-10-4-9(3)6-12-7-10/h4,6-8H,5H2,1-3H3,(H2,13,14,15). The summed E-state index contributed by atoms with van der Waals surface area (Å²) in [5.41, 5.74) is 2.04. The molecule has 1 rings (SSSR count). The molecule has 0 unspecified atom stereocenters. The van der Waals surface area contributed by atoms with Crippen LogP contribution in [-0.2, 0) is 0 Å². The summed E-state index contributed by atoms with van der Waals surface area (Å²) in [4.78, 5) is 4.08. The number of aryl methyl sites for hydroxylation is 1. The van der Waals surface area contributed by atoms with Gasteiger partial charge in [0.1, 0.15) is 0 Å². The molecule has 0 atom stereocenters. The zero-order valence-electron chi connectivity index (χ0n) is 9.37. The maximum atomic E-state index is 5.15. The third-order valence-corrected chi connectivity index (χ3v) is 2.05. The fraction of sp³-hybridized carbons (Fsp3) is 0.455. The zero-order valence-corrected chi connectivity index (χ0v) is 10.2. The number of hydrogen-bond acceptors (Lipinski definition) is 2. The van der Waals surface area contributed by atoms with Gasteiger partial charge in [-0.15, -0.1) is 0 Å². The van der Waals surface area contributed by atoms with Crippen molar-refractivity contribution in [3.05, 3.63) is 24.0 Å². The van der Waals surface area contributed by atoms with E-state index in [4.69, 9.17) is 12.2 Å². The van der Waals surface area contributed by atoms with Gasteiger partial charge < -0.3 is 10.6 Å². The third-order valence-electron chi connectivity index (χ3n) is 1.80. The van der Waals surface area contributed by atoms with Crippen LogP contribution in [0.2, 0.25) is 0 Å². The van der Waals surface area contributed by atoms with Crippen LogP contribution in [0.1, 0.15) is 19.4 Å². The third kappa shape index (κ3) is 4.74. The highest BCUT2D eigenvalue weighted by Gasteiger charge is 1.99. The van der Waals surface area contributed by atoms with Crippen LogP contribution in [0.15, 0.2) is 18.5 Å². The van der Waals surface area contributed by atoms with Gasteiger partial charge in [0.2, 0.25) is 0 Å². The molecule has 0 aliphatic heterocycles. The number of thiocarbonyl (C=S) groups is 1. The van der Waals surface area contributed by atoms with E-state index in [9.17, 15) is 0 Å². The lowest BCUT2D eigenvalue weighted by atomic mass is 10.2. The van der Waals surface area contributed by atoms with Gasteiger partial charge in [0.05, 0.1) is 11.9 Å². The molecule has 0 radical (unpaired) electrons. The lowest BCUT2D eigenvalue weighted by Gasteiger charge is -2.11. The van der Waals surface area contributed by atoms with Crippen molar-refractivity contribution in [2.75, 3.05) is 11.9 Å². The molecule has 0 aliphatic carbocycles. The van der Waals surface area contributed by atoms with E-state index in [1.807, 2.05) is 19.2 Å². The summed E-state index contributed by atoms with van der Waals surface area (Å²) in [6, 6.07) is 2.01. The quantitative estimate of drug-likeness (QED) is 0.771. The van der Waals surface area contributed by atoms with Crippen LogP contribution < -0.4 is 10.6 Å². The normalized spacial score (nSPS) is 10.1. The number of pyridine rings is 1. The van der Waals surface area contributed by atoms with Crippen molar-refractivity contribution in [1.82, 2.24) is 10.3 Å². The molecule has 0 bridgehead atoms. The first-order valence-electron chi connectivity index (χ1n) is 5.04. The van der Waals surface area contributed by atoms with Crippen molar-refractivity contribution in [3.8, 4) is 0 Å². The Morgan fingerprint density at radius 2 is 2.20 bits per heavy atom. The predicted octanol–water partition coefficient (Wildman–Crippen LogP) is 2.33. The van der Waals surface area contributed by atoms with Crippen LogP contribution in [0.5, 0.6) is 0 Å². The molecular formula is C11H17N3S. The summed E-state index contributed by atoms with van der Waals surface area (Å²) < 4.78 is 0. The summed E-state index contributed by atoms with van der Waals surface area (Å²) in [5, 5.41) is 6.89. The second kappa shape index (κ2) is 5.66. The summed E-state index contributed by atoms with van der Waals surface area (Å²) in [6.45, 7) is 7.17. The SMILES string of the molecule is Cc1cncc(NC(=S)NCC(C)C)c1. The summed E-state index contributed by atoms with van der Waals surface area (Å²) >= 11 is 5.15. The van der Waals surface area contributed by atoms with Crippen LogP contribution in [0.25, 0.3) is 0 Å². The highest BCUT2D eigenvalue weighted by molar-refractivity contribution is 7.80. The smallest absolute Gasteiger partial charge is 0.170 e. The predicted molar refractivity (Wildman–Crippen MR) is 68.0 cm³/mol. The monoisotopic (exact) mass is 223 g/mol. The van der Waals surface area contributed by atoms with Crippen molar-refractivity contribution >= 4 is 23.0 Å². The van der Waals surface area contributed by atoms with Gasteiger partial charge in [-0.05, 0) is 36.7 Å². The molecule has 1 heterocycles. The maximum Gasteiger partial charge on any atom is 0.170 e. The Morgan fingerprint density at radius 3 is 2.80 bits per heavy atom. The van der Waals surface area contributed by atoms with Gasteiger partial charge in [-0.2, -0.15) is 0 Å². The van der Waals surface area contributed by atoms with E-state index in [-0.39, 0.29) is 0 Å². The van der Waals surface area contributed by atoms with Crippen molar-refractivity contribution in [3.63, 3.8) is 0 Å². The van der Waals surface area contributed by atoms with Crippen LogP contribution in [0, 0.1) is 12.8 Å². The summed E-state index contributed by atoms with van der Waals surface area (Å²) in [7, 11) is 0. The Hall–Kier alpha value is -1.16. The first kappa shape index (κ1) is 11.9. The Morgan fingerprint density at radius 1 is 1.47 bits per heavy atom. The first-order chi connectivity index (χ1) is 7.08. The van der Waals surface area contributed by atoms with Gasteiger partial charge in [-0.3, -0.25) is 4.98 Å². The highest BCUT2D eigenvalue weighted by atomic mass is 32.1. The topological polar surface area (TPSA) is 37.0 Å². The van der Waals surface area contributed by atoms with Crippen molar-refractivity contribution in [1.29, 1.82) is 0 Å². The van der Waals surface area contributed by atoms with Gasteiger partial charge in [-0.25, -0.2) is 0 Å². The van der Waals surface area contributed by atoms with Gasteiger partial charge in [-0.1, -0.05) is 13.8 Å². The van der Waals surface area contributed by atoms with Gasteiger partial charge >= 0.3 is 0 Å². The number of anilines is 1. The fourth-order valence-corrected chi connectivity index (χ4v) is 1.30. The van der Waals surface area contributed by atoms with E-state index >= 15 is 0 Å². The van der Waals surface area contributed by atoms with E-state index in [1.165, 1.54) is 0 Å². The van der Waals surface area contributed by atoms with Crippen LogP contribution in [-0.4, -0.2) is 16.6 Å². The highest BCUT2D eigenvalue weighted by Crippen LogP contribution is 2.06. The second-order valence-corrected chi connectivity index (χ2v) is 4.39. The van der Waals surface area contributed by atoms with E-state index in [0.717, 1.165) is 17.8 Å². The van der Waals surface area contributed by atoms with E-state index in [0.29, 0.717) is 11.0 Å². The largest absolute Gasteiger partial charge is 0.362 e. The molecule has 0 amide bonds. The lowest BCUT2D eigenvalue weighted by molar-refractivity contribution is 0.627. The van der Waals surface area contributed by atoms with Crippen LogP contribution in [0.3, 0.4) is 0 Å². The number of aromatic nitrogens is 1. The Balaban J connectivity index is 2.44. The number of hydrogen-bond donors (Lipinski definition) is 2. The summed E-state index contributed by atoms with van der Waals surface area (Å²) in [6.07, 6.45) is 3.58. The molecule has 82 valence electrons. The molecule has 0 fully saturated rings. The molecular weight excluding hydrogens is 206 g/mol. The number of rotatable bonds is 3. The first-order valence-corrected chi connectivity index (χ1v) is 5.45. The minimum atomic E-state index is 0.584. The molecule has 0 aliphatic rings. The van der Waals surface area contributed by atoms with E-state index < -0.39 is 0 Å². The number of nitrogens with zero attached hydrogens (tertiary/aromatic N) is 1. The van der Waals surface area contributed by atoms with E-state index in [2.05, 4.69) is 29.5 Å². The average molecular weight is 223 g/mol. The molecule has 15 heavy (non-hydrogen) atoms. The Labute approximate surface area is 96.3 Å². The Kier molecular flexibility index (Phi) is 4.49. The molecule has 3 nitrogen and oxygen atoms in total. The van der Waals surface area contributed by atoms with Gasteiger partial charge in [0.25, 0.3) is 0 Å². The summed E-state index contributed by atoms with van der Waals surface area (Å²) in [5.74, 6) is 0.584. The molecule has 2 N–H and O–H groups in total. The molecule has 0 saturated carbocycles. The van der Waals surface area contributed by atoms with Crippen molar-refractivity contribution in [2.45, 2.75) is 20.8 Å². The fourth-order valence-electron chi connectivity index (χ4n) is 1.10. The number of nitrogens with one attached hydrogen (secondary N) is 2. The lowest BCUT2D eigenvalue weighted by Crippen LogP contribution is -2.31. The second-order valence-electron chi connectivity index (χ2n) is 3.98. The minimum absolute atomic E-state index is 0.584. The van der Waals surface area contributed by atoms with Crippen LogP contribution in [0.4, 0.5) is 5.69 Å². The maximum absolute atomic E-state index is 5.15. The molecule has 4 heteroatoms. The average Bonchev–Trinajstić information content (AvgIpc) is 2.15. The Bertz CT molecular complexity index is 336. The molecule has 0 aromatic carbocycles. The van der Waals surface area contributed by atoms with Crippen LogP contribution >= 0.6 is 12.2 Å². The van der Waals surface area contributed by atoms with E-state index in [1.54, 1.807) is 6.20 Å². The van der Waals surface area contributed by atoms with Crippen molar-refractivity contribution in [2.24, 2.45) is 5.92 Å². The zero-order chi connectivity index (χ0) is 11.3. The van der Waals surface area contributed by atoms with Gasteiger partial charge in [0.15, 0.2) is 5.11 Å².